The van der Waals surface area contributed by atoms with Gasteiger partial charge in [0.1, 0.15) is 0 Å². The summed E-state index contributed by atoms with van der Waals surface area (Å²) in [4.78, 5) is 0. The van der Waals surface area contributed by atoms with E-state index < -0.39 is 0 Å². The molecule has 0 radical (unpaired) electrons. The molecule has 6 unspecified atom stereocenters. The van der Waals surface area contributed by atoms with Gasteiger partial charge in [-0.3, -0.25) is 0 Å². The fraction of sp³-hybridized carbons (Fsp3) is 1.00. The molecule has 0 heterocycles. The van der Waals surface area contributed by atoms with Crippen LogP contribution in [0.15, 0.2) is 0 Å². The second kappa shape index (κ2) is 4.88. The lowest BCUT2D eigenvalue weighted by atomic mass is 9.58. The van der Waals surface area contributed by atoms with Crippen molar-refractivity contribution in [3.05, 3.63) is 0 Å². The summed E-state index contributed by atoms with van der Waals surface area (Å²) in [6.45, 7) is 20.5. The first-order valence-corrected chi connectivity index (χ1v) is 11.3. The van der Waals surface area contributed by atoms with Crippen LogP contribution in [-0.4, -0.2) is 0 Å². The monoisotopic (exact) mass is 344 g/mol. The normalized spacial score (nSPS) is 52.3. The van der Waals surface area contributed by atoms with E-state index in [-0.39, 0.29) is 0 Å². The molecule has 0 heteroatoms. The van der Waals surface area contributed by atoms with Crippen molar-refractivity contribution >= 4 is 0 Å². The molecule has 0 saturated heterocycles. The summed E-state index contributed by atoms with van der Waals surface area (Å²) in [5.41, 5.74) is 3.59. The summed E-state index contributed by atoms with van der Waals surface area (Å²) in [6.07, 6.45) is 13.6. The van der Waals surface area contributed by atoms with Crippen molar-refractivity contribution in [3.63, 3.8) is 0 Å². The van der Waals surface area contributed by atoms with E-state index in [1.807, 2.05) is 0 Å². The third-order valence-electron chi connectivity index (χ3n) is 10.8. The lowest BCUT2D eigenvalue weighted by Gasteiger charge is -2.47. The molecule has 0 nitrogen and oxygen atoms in total. The van der Waals surface area contributed by atoms with E-state index in [1.165, 1.54) is 51.4 Å². The smallest absolute Gasteiger partial charge is 0.0187 e. The van der Waals surface area contributed by atoms with Crippen molar-refractivity contribution in [1.29, 1.82) is 0 Å². The largest absolute Gasteiger partial charge is 0.0596 e. The highest BCUT2D eigenvalue weighted by molar-refractivity contribution is 5.24. The van der Waals surface area contributed by atoms with Gasteiger partial charge in [-0.2, -0.15) is 0 Å². The maximum absolute atomic E-state index is 2.68. The van der Waals surface area contributed by atoms with Crippen LogP contribution in [-0.2, 0) is 0 Å². The maximum atomic E-state index is 2.68. The van der Waals surface area contributed by atoms with Gasteiger partial charge in [0.15, 0.2) is 0 Å². The minimum absolute atomic E-state index is 0.492. The van der Waals surface area contributed by atoms with Crippen LogP contribution in [0, 0.1) is 44.3 Å². The Morgan fingerprint density at radius 1 is 0.680 bits per heavy atom. The lowest BCUT2D eigenvalue weighted by molar-refractivity contribution is 0.0230. The van der Waals surface area contributed by atoms with Gasteiger partial charge in [-0.1, -0.05) is 68.2 Å². The van der Waals surface area contributed by atoms with E-state index in [1.54, 1.807) is 6.42 Å². The molecule has 0 aromatic rings. The zero-order chi connectivity index (χ0) is 18.5. The topological polar surface area (TPSA) is 0 Å². The first-order valence-electron chi connectivity index (χ1n) is 11.3. The molecule has 0 aromatic carbocycles. The van der Waals surface area contributed by atoms with Crippen LogP contribution in [0.1, 0.15) is 113 Å². The standard InChI is InChI=1S/C25H44/c1-20(2,3)24-13-9-11-18(22(24,7)16-24)15-19-12-10-14-25(21(4,5)6)17-23(19,25)8/h18-19H,9-17H2,1-8H3. The molecular formula is C25H44. The van der Waals surface area contributed by atoms with E-state index in [4.69, 9.17) is 0 Å². The van der Waals surface area contributed by atoms with Gasteiger partial charge in [-0.25, -0.2) is 0 Å². The number of fused-ring (bicyclic) bond motifs is 2. The average molecular weight is 345 g/mol. The molecule has 6 atom stereocenters. The highest BCUT2D eigenvalue weighted by Crippen LogP contribution is 2.83. The quantitative estimate of drug-likeness (QED) is 0.478. The molecular weight excluding hydrogens is 300 g/mol. The molecule has 0 aromatic heterocycles. The van der Waals surface area contributed by atoms with Crippen molar-refractivity contribution in [1.82, 2.24) is 0 Å². The predicted octanol–water partition coefficient (Wildman–Crippen LogP) is 7.86. The molecule has 0 bridgehead atoms. The molecule has 0 N–H and O–H groups in total. The Morgan fingerprint density at radius 2 is 1.04 bits per heavy atom. The highest BCUT2D eigenvalue weighted by atomic mass is 14.8. The second-order valence-electron chi connectivity index (χ2n) is 13.3. The van der Waals surface area contributed by atoms with E-state index in [2.05, 4.69) is 55.4 Å². The van der Waals surface area contributed by atoms with Crippen molar-refractivity contribution in [2.75, 3.05) is 0 Å². The Morgan fingerprint density at radius 3 is 1.36 bits per heavy atom. The van der Waals surface area contributed by atoms with Gasteiger partial charge in [0, 0.05) is 0 Å². The molecule has 25 heavy (non-hydrogen) atoms. The summed E-state index contributed by atoms with van der Waals surface area (Å²) in [7, 11) is 0. The Bertz CT molecular complexity index is 510. The number of hydrogen-bond donors (Lipinski definition) is 0. The molecule has 4 fully saturated rings. The summed E-state index contributed by atoms with van der Waals surface area (Å²) >= 11 is 0. The number of rotatable bonds is 2. The molecule has 4 rings (SSSR count). The lowest BCUT2D eigenvalue weighted by Crippen LogP contribution is -2.39. The van der Waals surface area contributed by atoms with Crippen molar-refractivity contribution < 1.29 is 0 Å². The Balaban J connectivity index is 1.54. The zero-order valence-electron chi connectivity index (χ0n) is 18.5. The fourth-order valence-electron chi connectivity index (χ4n) is 9.01. The van der Waals surface area contributed by atoms with E-state index in [9.17, 15) is 0 Å². The van der Waals surface area contributed by atoms with E-state index in [0.29, 0.717) is 32.5 Å². The van der Waals surface area contributed by atoms with Crippen molar-refractivity contribution in [2.24, 2.45) is 44.3 Å². The van der Waals surface area contributed by atoms with Crippen LogP contribution in [0.25, 0.3) is 0 Å². The molecule has 4 saturated carbocycles. The predicted molar refractivity (Wildman–Crippen MR) is 109 cm³/mol. The summed E-state index contributed by atoms with van der Waals surface area (Å²) in [5, 5.41) is 0. The van der Waals surface area contributed by atoms with Gasteiger partial charge >= 0.3 is 0 Å². The van der Waals surface area contributed by atoms with Gasteiger partial charge in [-0.05, 0) is 89.3 Å². The van der Waals surface area contributed by atoms with Gasteiger partial charge in [0.05, 0.1) is 0 Å². The second-order valence-corrected chi connectivity index (χ2v) is 13.3. The third kappa shape index (κ3) is 2.12. The highest BCUT2D eigenvalue weighted by Gasteiger charge is 2.75. The zero-order valence-corrected chi connectivity index (χ0v) is 18.5. The molecule has 4 aliphatic carbocycles. The minimum Gasteiger partial charge on any atom is -0.0596 e. The SMILES string of the molecule is CC(C)(C)C12CCCC(CC3CCCC4(C(C)(C)C)CC34C)C1(C)C2. The van der Waals surface area contributed by atoms with Gasteiger partial charge in [-0.15, -0.1) is 0 Å². The van der Waals surface area contributed by atoms with Crippen LogP contribution in [0.3, 0.4) is 0 Å². The molecule has 4 aliphatic rings. The summed E-state index contributed by atoms with van der Waals surface area (Å²) < 4.78 is 0. The summed E-state index contributed by atoms with van der Waals surface area (Å²) in [6, 6.07) is 0. The fourth-order valence-corrected chi connectivity index (χ4v) is 9.01. The Kier molecular flexibility index (Phi) is 3.59. The average Bonchev–Trinajstić information content (AvgIpc) is 3.29. The van der Waals surface area contributed by atoms with Gasteiger partial charge in [0.25, 0.3) is 0 Å². The van der Waals surface area contributed by atoms with Gasteiger partial charge < -0.3 is 0 Å². The molecule has 0 amide bonds. The van der Waals surface area contributed by atoms with Crippen molar-refractivity contribution in [2.45, 2.75) is 113 Å². The maximum Gasteiger partial charge on any atom is -0.0187 e. The first-order chi connectivity index (χ1) is 11.3. The molecule has 0 spiro atoms. The minimum atomic E-state index is 0.492. The first kappa shape index (κ1) is 18.4. The van der Waals surface area contributed by atoms with Gasteiger partial charge in [0.2, 0.25) is 0 Å². The van der Waals surface area contributed by atoms with Crippen LogP contribution in [0.5, 0.6) is 0 Å². The number of hydrogen-bond acceptors (Lipinski definition) is 0. The van der Waals surface area contributed by atoms with Crippen LogP contribution < -0.4 is 0 Å². The van der Waals surface area contributed by atoms with Crippen molar-refractivity contribution in [3.8, 4) is 0 Å². The third-order valence-corrected chi connectivity index (χ3v) is 10.8. The van der Waals surface area contributed by atoms with Crippen LogP contribution in [0.2, 0.25) is 0 Å². The molecule has 0 aliphatic heterocycles. The molecule has 144 valence electrons. The Labute approximate surface area is 157 Å². The summed E-state index contributed by atoms with van der Waals surface area (Å²) in [5.74, 6) is 2.00. The van der Waals surface area contributed by atoms with E-state index in [0.717, 1.165) is 11.8 Å². The Hall–Kier alpha value is 0. The van der Waals surface area contributed by atoms with E-state index >= 15 is 0 Å². The van der Waals surface area contributed by atoms with Crippen LogP contribution in [0.4, 0.5) is 0 Å². The van der Waals surface area contributed by atoms with Crippen LogP contribution >= 0.6 is 0 Å².